The number of aryl methyl sites for hydroxylation is 1. The molecule has 3 aliphatic rings. The predicted molar refractivity (Wildman–Crippen MR) is 283 cm³/mol. The summed E-state index contributed by atoms with van der Waals surface area (Å²) in [6.45, 7) is 11.4. The Bertz CT molecular complexity index is 3910. The van der Waals surface area contributed by atoms with E-state index in [9.17, 15) is 0 Å². The summed E-state index contributed by atoms with van der Waals surface area (Å²) < 4.78 is 19.6. The number of benzene rings is 9. The van der Waals surface area contributed by atoms with Crippen molar-refractivity contribution in [2.45, 2.75) is 45.4 Å². The van der Waals surface area contributed by atoms with E-state index in [1.807, 2.05) is 0 Å². The van der Waals surface area contributed by atoms with Crippen LogP contribution in [0.3, 0.4) is 0 Å². The maximum atomic E-state index is 7.56. The van der Waals surface area contributed by atoms with Crippen LogP contribution in [0.4, 0.5) is 17.1 Å². The molecular formula is C62H48BN3O2. The number of hydrogen-bond acceptors (Lipinski definition) is 3. The fraction of sp³-hybridized carbons (Fsp3) is 0.129. The van der Waals surface area contributed by atoms with E-state index in [1.165, 1.54) is 60.4 Å². The summed E-state index contributed by atoms with van der Waals surface area (Å²) in [6.07, 6.45) is 0. The maximum Gasteiger partial charge on any atom is 0.260 e. The average Bonchev–Trinajstić information content (AvgIpc) is 3.93. The highest BCUT2D eigenvalue weighted by Crippen LogP contribution is 2.52. The first-order valence-electron chi connectivity index (χ1n) is 23.8. The van der Waals surface area contributed by atoms with Crippen molar-refractivity contribution < 1.29 is 9.47 Å². The molecule has 4 heterocycles. The van der Waals surface area contributed by atoms with Crippen molar-refractivity contribution in [1.29, 1.82) is 0 Å². The van der Waals surface area contributed by atoms with Crippen molar-refractivity contribution in [1.82, 2.24) is 9.13 Å². The quantitative estimate of drug-likeness (QED) is 0.165. The zero-order valence-corrected chi connectivity index (χ0v) is 39.1. The Kier molecular flexibility index (Phi) is 7.96. The third kappa shape index (κ3) is 5.34. The molecule has 6 heteroatoms. The summed E-state index contributed by atoms with van der Waals surface area (Å²) in [7, 11) is 2.20. The number of hydrogen-bond donors (Lipinski definition) is 0. The smallest absolute Gasteiger partial charge is 0.260 e. The first-order valence-corrected chi connectivity index (χ1v) is 23.8. The van der Waals surface area contributed by atoms with Crippen LogP contribution in [-0.4, -0.2) is 15.8 Å². The Hall–Kier alpha value is -7.96. The van der Waals surface area contributed by atoms with Gasteiger partial charge in [0.25, 0.3) is 6.71 Å². The summed E-state index contributed by atoms with van der Waals surface area (Å²) in [5.74, 6) is 3.34. The van der Waals surface area contributed by atoms with Crippen LogP contribution in [0, 0.1) is 0 Å². The van der Waals surface area contributed by atoms with E-state index in [2.05, 4.69) is 238 Å². The van der Waals surface area contributed by atoms with Gasteiger partial charge in [-0.25, -0.2) is 0 Å². The molecule has 0 bridgehead atoms. The zero-order valence-electron chi connectivity index (χ0n) is 39.1. The second kappa shape index (κ2) is 13.8. The van der Waals surface area contributed by atoms with Crippen molar-refractivity contribution in [3.8, 4) is 39.8 Å². The lowest BCUT2D eigenvalue weighted by molar-refractivity contribution is 0.466. The zero-order chi connectivity index (χ0) is 45.8. The Morgan fingerprint density at radius 1 is 0.515 bits per heavy atom. The van der Waals surface area contributed by atoms with Crippen LogP contribution >= 0.6 is 0 Å². The molecule has 0 unspecified atom stereocenters. The molecule has 2 aliphatic heterocycles. The van der Waals surface area contributed by atoms with Gasteiger partial charge in [-0.15, -0.1) is 0 Å². The molecule has 1 aliphatic carbocycles. The lowest BCUT2D eigenvalue weighted by Gasteiger charge is -2.36. The lowest BCUT2D eigenvalue weighted by atomic mass is 9.34. The first kappa shape index (κ1) is 39.2. The molecule has 5 nitrogen and oxygen atoms in total. The Labute approximate surface area is 396 Å². The van der Waals surface area contributed by atoms with Crippen molar-refractivity contribution in [3.05, 3.63) is 199 Å². The molecule has 68 heavy (non-hydrogen) atoms. The maximum absolute atomic E-state index is 7.56. The normalized spacial score (nSPS) is 14.1. The fourth-order valence-electron chi connectivity index (χ4n) is 12.1. The second-order valence-electron chi connectivity index (χ2n) is 20.6. The molecule has 2 aromatic heterocycles. The van der Waals surface area contributed by atoms with E-state index in [0.717, 1.165) is 73.2 Å². The lowest BCUT2D eigenvalue weighted by Crippen LogP contribution is -2.57. The topological polar surface area (TPSA) is 31.6 Å². The largest absolute Gasteiger partial charge is 0.458 e. The summed E-state index contributed by atoms with van der Waals surface area (Å²) in [5.41, 5.74) is 18.5. The highest BCUT2D eigenvalue weighted by molar-refractivity contribution is 6.98. The summed E-state index contributed by atoms with van der Waals surface area (Å²) >= 11 is 0. The molecule has 0 saturated carbocycles. The number of rotatable bonds is 4. The standard InChI is InChI=1S/C62H48BN3O2/c1-61(2,3)37-29-30-54-48(31-37)63-49-36-53(66-51-28-18-14-24-42(51)45-34-44-41-23-13-16-26-46(41)62(4,5)47(44)35-52(45)66)57-43-25-15-17-27-50(43)64(6)59(57)60(49)68-56-33-40(32-55(67-54)58(56)63)65(38-19-9-7-10-20-38)39-21-11-8-12-22-39/h7-36H,1-6H3. The number of aromatic nitrogens is 2. The van der Waals surface area contributed by atoms with E-state index in [0.29, 0.717) is 0 Å². The summed E-state index contributed by atoms with van der Waals surface area (Å²) in [5, 5.41) is 4.84. The SMILES string of the molecule is Cn1c2ccccc2c2c(-n3c4ccccc4c4cc5c(cc43)C(C)(C)c3ccccc3-5)cc3c(c21)Oc1cc(N(c2ccccc2)c2ccccc2)cc2c1B3c1cc(C(C)(C)C)ccc1O2. The van der Waals surface area contributed by atoms with Gasteiger partial charge in [-0.05, 0) is 105 Å². The highest BCUT2D eigenvalue weighted by Gasteiger charge is 2.44. The van der Waals surface area contributed by atoms with Gasteiger partial charge in [0.15, 0.2) is 0 Å². The van der Waals surface area contributed by atoms with Gasteiger partial charge in [0.05, 0.1) is 27.9 Å². The van der Waals surface area contributed by atoms with Gasteiger partial charge in [-0.3, -0.25) is 0 Å². The number of anilines is 3. The first-order chi connectivity index (χ1) is 33.0. The van der Waals surface area contributed by atoms with E-state index in [-0.39, 0.29) is 17.5 Å². The van der Waals surface area contributed by atoms with Gasteiger partial charge in [-0.2, -0.15) is 0 Å². The molecule has 0 saturated heterocycles. The van der Waals surface area contributed by atoms with Crippen LogP contribution in [0.15, 0.2) is 182 Å². The van der Waals surface area contributed by atoms with Gasteiger partial charge in [0, 0.05) is 68.5 Å². The molecule has 11 aromatic rings. The van der Waals surface area contributed by atoms with Crippen molar-refractivity contribution in [2.24, 2.45) is 7.05 Å². The monoisotopic (exact) mass is 877 g/mol. The van der Waals surface area contributed by atoms with Gasteiger partial charge >= 0.3 is 0 Å². The minimum absolute atomic E-state index is 0.0799. The van der Waals surface area contributed by atoms with E-state index >= 15 is 0 Å². The third-order valence-corrected chi connectivity index (χ3v) is 15.3. The van der Waals surface area contributed by atoms with Gasteiger partial charge < -0.3 is 23.5 Å². The van der Waals surface area contributed by atoms with E-state index in [4.69, 9.17) is 9.47 Å². The van der Waals surface area contributed by atoms with Crippen LogP contribution < -0.4 is 30.8 Å². The van der Waals surface area contributed by atoms with Crippen LogP contribution in [-0.2, 0) is 17.9 Å². The second-order valence-corrected chi connectivity index (χ2v) is 20.6. The van der Waals surface area contributed by atoms with Gasteiger partial charge in [0.1, 0.15) is 23.0 Å². The number of ether oxygens (including phenoxy) is 2. The molecule has 0 spiro atoms. The molecule has 14 rings (SSSR count). The van der Waals surface area contributed by atoms with Crippen molar-refractivity contribution in [2.75, 3.05) is 4.90 Å². The minimum atomic E-state index is -0.183. The molecule has 0 fully saturated rings. The van der Waals surface area contributed by atoms with Crippen LogP contribution in [0.25, 0.3) is 60.4 Å². The van der Waals surface area contributed by atoms with Gasteiger partial charge in [0.2, 0.25) is 0 Å². The number of fused-ring (bicyclic) bond motifs is 14. The van der Waals surface area contributed by atoms with Crippen molar-refractivity contribution >= 4 is 83.8 Å². The highest BCUT2D eigenvalue weighted by atomic mass is 16.5. The van der Waals surface area contributed by atoms with Gasteiger partial charge in [-0.1, -0.05) is 144 Å². The Morgan fingerprint density at radius 2 is 1.16 bits per heavy atom. The van der Waals surface area contributed by atoms with Crippen LogP contribution in [0.2, 0.25) is 0 Å². The summed E-state index contributed by atoms with van der Waals surface area (Å²) in [4.78, 5) is 2.29. The van der Waals surface area contributed by atoms with E-state index in [1.54, 1.807) is 0 Å². The average molecular weight is 878 g/mol. The fourth-order valence-corrected chi connectivity index (χ4v) is 12.1. The summed E-state index contributed by atoms with van der Waals surface area (Å²) in [6, 6.07) is 66.6. The Balaban J connectivity index is 1.10. The molecular weight excluding hydrogens is 830 g/mol. The molecule has 0 atom stereocenters. The number of nitrogens with zero attached hydrogens (tertiary/aromatic N) is 3. The molecule has 0 amide bonds. The van der Waals surface area contributed by atoms with E-state index < -0.39 is 0 Å². The molecule has 0 N–H and O–H groups in total. The Morgan fingerprint density at radius 3 is 1.90 bits per heavy atom. The van der Waals surface area contributed by atoms with Crippen LogP contribution in [0.5, 0.6) is 23.0 Å². The third-order valence-electron chi connectivity index (χ3n) is 15.3. The predicted octanol–water partition coefficient (Wildman–Crippen LogP) is 14.2. The van der Waals surface area contributed by atoms with Crippen molar-refractivity contribution in [3.63, 3.8) is 0 Å². The minimum Gasteiger partial charge on any atom is -0.458 e. The number of para-hydroxylation sites is 4. The molecule has 0 radical (unpaired) electrons. The molecule has 326 valence electrons. The van der Waals surface area contributed by atoms with Crippen LogP contribution in [0.1, 0.15) is 51.3 Å². The molecule has 9 aromatic carbocycles.